The molecule has 0 aromatic heterocycles. The van der Waals surface area contributed by atoms with Crippen molar-refractivity contribution in [1.82, 2.24) is 5.32 Å². The first-order chi connectivity index (χ1) is 10.0. The number of hydrogen-bond acceptors (Lipinski definition) is 2. The highest BCUT2D eigenvalue weighted by atomic mass is 16.5. The van der Waals surface area contributed by atoms with Gasteiger partial charge in [0.05, 0.1) is 0 Å². The summed E-state index contributed by atoms with van der Waals surface area (Å²) in [6.07, 6.45) is 2.13. The van der Waals surface area contributed by atoms with E-state index < -0.39 is 0 Å². The molecule has 2 nitrogen and oxygen atoms in total. The van der Waals surface area contributed by atoms with Gasteiger partial charge >= 0.3 is 0 Å². The molecule has 0 aliphatic heterocycles. The van der Waals surface area contributed by atoms with Crippen molar-refractivity contribution in [2.75, 3.05) is 20.2 Å². The molecule has 0 spiro atoms. The number of likely N-dealkylation sites (N-methyl/N-ethyl adjacent to an activating group) is 1. The zero-order valence-corrected chi connectivity index (χ0v) is 16.3. The summed E-state index contributed by atoms with van der Waals surface area (Å²) in [5, 5.41) is 3.08. The van der Waals surface area contributed by atoms with Gasteiger partial charge in [0, 0.05) is 6.54 Å². The highest BCUT2D eigenvalue weighted by Crippen LogP contribution is 2.39. The molecule has 128 valence electrons. The lowest BCUT2D eigenvalue weighted by molar-refractivity contribution is 0.228. The largest absolute Gasteiger partial charge is 0.493 e. The lowest BCUT2D eigenvalue weighted by atomic mass is 9.74. The SMILES string of the molecule is C=C(/C=C(\C(=C(/C)C(C)C)C(C)(C)C)C(C)C)OCCNC. The van der Waals surface area contributed by atoms with Crippen LogP contribution in [0.1, 0.15) is 55.4 Å². The Morgan fingerprint density at radius 2 is 1.68 bits per heavy atom. The molecule has 0 rings (SSSR count). The second-order valence-corrected chi connectivity index (χ2v) is 7.64. The van der Waals surface area contributed by atoms with Crippen LogP contribution in [0.5, 0.6) is 0 Å². The number of rotatable bonds is 8. The Kier molecular flexibility index (Phi) is 8.77. The standard InChI is InChI=1S/C20H37NO/c1-14(2)17(6)19(20(7,8)9)18(15(3)4)13-16(5)22-12-11-21-10/h13-15,21H,5,11-12H2,1-4,6-10H3/b18-13-,19-17-. The van der Waals surface area contributed by atoms with Crippen molar-refractivity contribution in [3.63, 3.8) is 0 Å². The highest BCUT2D eigenvalue weighted by Gasteiger charge is 2.25. The van der Waals surface area contributed by atoms with Crippen molar-refractivity contribution in [3.8, 4) is 0 Å². The summed E-state index contributed by atoms with van der Waals surface area (Å²) in [5.74, 6) is 1.72. The van der Waals surface area contributed by atoms with Gasteiger partial charge in [-0.1, -0.05) is 60.6 Å². The molecular formula is C20H37NO. The van der Waals surface area contributed by atoms with E-state index in [-0.39, 0.29) is 5.41 Å². The van der Waals surface area contributed by atoms with Gasteiger partial charge < -0.3 is 10.1 Å². The maximum atomic E-state index is 5.71. The molecule has 0 radical (unpaired) electrons. The van der Waals surface area contributed by atoms with Crippen molar-refractivity contribution in [3.05, 3.63) is 35.1 Å². The van der Waals surface area contributed by atoms with E-state index >= 15 is 0 Å². The van der Waals surface area contributed by atoms with Crippen molar-refractivity contribution in [1.29, 1.82) is 0 Å². The summed E-state index contributed by atoms with van der Waals surface area (Å²) >= 11 is 0. The van der Waals surface area contributed by atoms with E-state index in [1.807, 2.05) is 7.05 Å². The molecule has 0 saturated carbocycles. The maximum absolute atomic E-state index is 5.71. The smallest absolute Gasteiger partial charge is 0.112 e. The van der Waals surface area contributed by atoms with E-state index in [0.717, 1.165) is 12.3 Å². The highest BCUT2D eigenvalue weighted by molar-refractivity contribution is 5.43. The van der Waals surface area contributed by atoms with E-state index in [2.05, 4.69) is 73.4 Å². The number of ether oxygens (including phenoxy) is 1. The first kappa shape index (κ1) is 21.0. The molecule has 0 unspecified atom stereocenters. The second-order valence-electron chi connectivity index (χ2n) is 7.64. The molecule has 0 amide bonds. The Labute approximate surface area is 138 Å². The number of hydrogen-bond donors (Lipinski definition) is 1. The third-order valence-electron chi connectivity index (χ3n) is 3.88. The molecule has 0 bridgehead atoms. The Hall–Kier alpha value is -1.02. The van der Waals surface area contributed by atoms with Crippen LogP contribution < -0.4 is 5.32 Å². The Morgan fingerprint density at radius 1 is 1.14 bits per heavy atom. The quantitative estimate of drug-likeness (QED) is 0.371. The van der Waals surface area contributed by atoms with Crippen molar-refractivity contribution in [2.24, 2.45) is 17.3 Å². The van der Waals surface area contributed by atoms with Crippen LogP contribution in [0, 0.1) is 17.3 Å². The van der Waals surface area contributed by atoms with Gasteiger partial charge in [0.1, 0.15) is 12.4 Å². The molecule has 0 aromatic rings. The zero-order chi connectivity index (χ0) is 17.5. The van der Waals surface area contributed by atoms with Crippen LogP contribution >= 0.6 is 0 Å². The molecule has 22 heavy (non-hydrogen) atoms. The third-order valence-corrected chi connectivity index (χ3v) is 3.88. The van der Waals surface area contributed by atoms with E-state index in [4.69, 9.17) is 4.74 Å². The van der Waals surface area contributed by atoms with Crippen LogP contribution in [0.4, 0.5) is 0 Å². The minimum Gasteiger partial charge on any atom is -0.493 e. The van der Waals surface area contributed by atoms with Gasteiger partial charge in [-0.3, -0.25) is 0 Å². The Bertz CT molecular complexity index is 419. The van der Waals surface area contributed by atoms with Crippen LogP contribution in [0.25, 0.3) is 0 Å². The molecule has 0 saturated heterocycles. The summed E-state index contributed by atoms with van der Waals surface area (Å²) in [5.41, 5.74) is 4.34. The van der Waals surface area contributed by atoms with Crippen molar-refractivity contribution in [2.45, 2.75) is 55.4 Å². The predicted molar refractivity (Wildman–Crippen MR) is 98.9 cm³/mol. The van der Waals surface area contributed by atoms with Gasteiger partial charge in [0.15, 0.2) is 0 Å². The Balaban J connectivity index is 5.70. The first-order valence-electron chi connectivity index (χ1n) is 8.41. The lowest BCUT2D eigenvalue weighted by Gasteiger charge is -2.31. The normalized spacial score (nSPS) is 14.4. The fourth-order valence-corrected chi connectivity index (χ4v) is 2.57. The monoisotopic (exact) mass is 307 g/mol. The van der Waals surface area contributed by atoms with Gasteiger partial charge in [0.2, 0.25) is 0 Å². The van der Waals surface area contributed by atoms with Crippen LogP contribution in [-0.4, -0.2) is 20.2 Å². The summed E-state index contributed by atoms with van der Waals surface area (Å²) < 4.78 is 5.71. The van der Waals surface area contributed by atoms with E-state index in [0.29, 0.717) is 18.4 Å². The van der Waals surface area contributed by atoms with Gasteiger partial charge in [-0.2, -0.15) is 0 Å². The molecular weight excluding hydrogens is 270 g/mol. The lowest BCUT2D eigenvalue weighted by Crippen LogP contribution is -2.18. The zero-order valence-electron chi connectivity index (χ0n) is 16.3. The molecule has 0 atom stereocenters. The molecule has 0 aromatic carbocycles. The van der Waals surface area contributed by atoms with Crippen LogP contribution in [0.15, 0.2) is 35.1 Å². The topological polar surface area (TPSA) is 21.3 Å². The minimum absolute atomic E-state index is 0.107. The average Bonchev–Trinajstić information content (AvgIpc) is 2.36. The molecule has 0 fully saturated rings. The number of allylic oxidation sites excluding steroid dienone is 4. The maximum Gasteiger partial charge on any atom is 0.112 e. The molecule has 1 N–H and O–H groups in total. The van der Waals surface area contributed by atoms with Gasteiger partial charge in [-0.25, -0.2) is 0 Å². The molecule has 0 heterocycles. The third kappa shape index (κ3) is 6.83. The molecule has 0 aliphatic rings. The fourth-order valence-electron chi connectivity index (χ4n) is 2.57. The average molecular weight is 308 g/mol. The van der Waals surface area contributed by atoms with E-state index in [1.165, 1.54) is 16.7 Å². The predicted octanol–water partition coefficient (Wildman–Crippen LogP) is 5.34. The van der Waals surface area contributed by atoms with E-state index in [1.54, 1.807) is 0 Å². The first-order valence-corrected chi connectivity index (χ1v) is 8.41. The van der Waals surface area contributed by atoms with Crippen molar-refractivity contribution < 1.29 is 4.74 Å². The van der Waals surface area contributed by atoms with Crippen LogP contribution in [-0.2, 0) is 4.74 Å². The van der Waals surface area contributed by atoms with Crippen LogP contribution in [0.2, 0.25) is 0 Å². The van der Waals surface area contributed by atoms with Gasteiger partial charge in [-0.15, -0.1) is 0 Å². The number of nitrogens with one attached hydrogen (secondary N) is 1. The fraction of sp³-hybridized carbons (Fsp3) is 0.700. The summed E-state index contributed by atoms with van der Waals surface area (Å²) in [6.45, 7) is 23.7. The Morgan fingerprint density at radius 3 is 2.05 bits per heavy atom. The van der Waals surface area contributed by atoms with E-state index in [9.17, 15) is 0 Å². The summed E-state index contributed by atoms with van der Waals surface area (Å²) in [6, 6.07) is 0. The summed E-state index contributed by atoms with van der Waals surface area (Å²) in [4.78, 5) is 0. The van der Waals surface area contributed by atoms with Crippen LogP contribution in [0.3, 0.4) is 0 Å². The molecule has 0 aliphatic carbocycles. The second kappa shape index (κ2) is 9.19. The van der Waals surface area contributed by atoms with Gasteiger partial charge in [-0.05, 0) is 48.4 Å². The van der Waals surface area contributed by atoms with Crippen molar-refractivity contribution >= 4 is 0 Å². The summed E-state index contributed by atoms with van der Waals surface area (Å²) in [7, 11) is 1.92. The van der Waals surface area contributed by atoms with Gasteiger partial charge in [0.25, 0.3) is 0 Å². The minimum atomic E-state index is 0.107. The molecule has 2 heteroatoms.